The van der Waals surface area contributed by atoms with Gasteiger partial charge in [-0.3, -0.25) is 5.01 Å². The van der Waals surface area contributed by atoms with Crippen molar-refractivity contribution < 1.29 is 22.4 Å². The predicted molar refractivity (Wildman–Crippen MR) is 115 cm³/mol. The largest absolute Gasteiger partial charge is 0.417 e. The summed E-state index contributed by atoms with van der Waals surface area (Å²) in [6, 6.07) is 2.94. The minimum absolute atomic E-state index is 0.0673. The fourth-order valence-electron chi connectivity index (χ4n) is 5.44. The van der Waals surface area contributed by atoms with E-state index in [0.29, 0.717) is 12.5 Å². The Morgan fingerprint density at radius 3 is 2.71 bits per heavy atom. The highest BCUT2D eigenvalue weighted by molar-refractivity contribution is 5.92. The van der Waals surface area contributed by atoms with Crippen LogP contribution in [0.5, 0.6) is 0 Å². The first-order valence-corrected chi connectivity index (χ1v) is 10.9. The fraction of sp³-hybridized carbons (Fsp3) is 0.409. The molecule has 8 nitrogen and oxygen atoms in total. The van der Waals surface area contributed by atoms with Crippen molar-refractivity contribution in [1.82, 2.24) is 30.8 Å². The first kappa shape index (κ1) is 22.4. The van der Waals surface area contributed by atoms with Gasteiger partial charge in [0, 0.05) is 29.7 Å². The summed E-state index contributed by atoms with van der Waals surface area (Å²) in [5.74, 6) is -0.589. The number of alkyl halides is 3. The topological polar surface area (TPSA) is 85.4 Å². The number of piperidine rings is 1. The molecule has 0 radical (unpaired) electrons. The van der Waals surface area contributed by atoms with Crippen LogP contribution >= 0.6 is 0 Å². The smallest absolute Gasteiger partial charge is 0.314 e. The Bertz CT molecular complexity index is 1120. The summed E-state index contributed by atoms with van der Waals surface area (Å²) in [5.41, 5.74) is 4.36. The number of nitrogens with zero attached hydrogens (tertiary/aromatic N) is 4. The molecule has 6 rings (SSSR count). The van der Waals surface area contributed by atoms with Crippen LogP contribution in [0.1, 0.15) is 31.7 Å². The molecule has 2 bridgehead atoms. The van der Waals surface area contributed by atoms with Gasteiger partial charge >= 0.3 is 12.2 Å². The SMILES string of the molecule is C[C@@H]1C[C@@H]2C[C@](CN3C=CNN3)(C1)N2C(=O)Nc1ccc(C(F)(F)F)c(-c2ncc(F)cn2)c1. The van der Waals surface area contributed by atoms with Gasteiger partial charge < -0.3 is 15.6 Å². The lowest BCUT2D eigenvalue weighted by atomic mass is 9.64. The molecular formula is C22H23F4N7O. The number of urea groups is 1. The summed E-state index contributed by atoms with van der Waals surface area (Å²) in [5, 5.41) is 4.63. The predicted octanol–water partition coefficient (Wildman–Crippen LogP) is 3.87. The summed E-state index contributed by atoms with van der Waals surface area (Å²) in [6.45, 7) is 2.74. The number of anilines is 1. The van der Waals surface area contributed by atoms with Crippen LogP contribution in [0, 0.1) is 11.7 Å². The molecule has 0 spiro atoms. The van der Waals surface area contributed by atoms with E-state index in [2.05, 4.69) is 33.2 Å². The molecule has 4 aliphatic rings. The van der Waals surface area contributed by atoms with Crippen LogP contribution in [-0.4, -0.2) is 44.0 Å². The van der Waals surface area contributed by atoms with Gasteiger partial charge in [0.15, 0.2) is 11.6 Å². The maximum atomic E-state index is 13.6. The van der Waals surface area contributed by atoms with E-state index < -0.39 is 17.6 Å². The molecule has 34 heavy (non-hydrogen) atoms. The molecule has 2 aromatic rings. The van der Waals surface area contributed by atoms with Crippen LogP contribution in [0.2, 0.25) is 0 Å². The van der Waals surface area contributed by atoms with Crippen molar-refractivity contribution in [1.29, 1.82) is 0 Å². The third-order valence-electron chi connectivity index (χ3n) is 6.56. The van der Waals surface area contributed by atoms with Crippen LogP contribution in [-0.2, 0) is 6.18 Å². The number of aromatic nitrogens is 2. The van der Waals surface area contributed by atoms with Crippen LogP contribution in [0.3, 0.4) is 0 Å². The van der Waals surface area contributed by atoms with Gasteiger partial charge in [-0.05, 0) is 43.4 Å². The number of hydrogen-bond acceptors (Lipinski definition) is 6. The third-order valence-corrected chi connectivity index (χ3v) is 6.56. The number of halogens is 4. The zero-order chi connectivity index (χ0) is 24.1. The van der Waals surface area contributed by atoms with Crippen molar-refractivity contribution in [2.24, 2.45) is 5.92 Å². The number of nitrogens with one attached hydrogen (secondary N) is 3. The first-order valence-electron chi connectivity index (χ1n) is 10.9. The van der Waals surface area contributed by atoms with Crippen LogP contribution in [0.15, 0.2) is 43.0 Å². The minimum Gasteiger partial charge on any atom is -0.314 e. The van der Waals surface area contributed by atoms with E-state index in [1.165, 1.54) is 12.1 Å². The summed E-state index contributed by atoms with van der Waals surface area (Å²) in [4.78, 5) is 22.5. The summed E-state index contributed by atoms with van der Waals surface area (Å²) >= 11 is 0. The maximum Gasteiger partial charge on any atom is 0.417 e. The molecule has 1 saturated carbocycles. The van der Waals surface area contributed by atoms with Gasteiger partial charge in [-0.15, -0.1) is 5.53 Å². The van der Waals surface area contributed by atoms with Gasteiger partial charge in [-0.25, -0.2) is 19.2 Å². The Hall–Kier alpha value is -3.41. The summed E-state index contributed by atoms with van der Waals surface area (Å²) in [6.07, 6.45) is 3.09. The second-order valence-electron chi connectivity index (χ2n) is 9.11. The molecule has 4 heterocycles. The molecule has 3 aliphatic heterocycles. The normalized spacial score (nSPS) is 25.7. The molecule has 180 valence electrons. The van der Waals surface area contributed by atoms with Gasteiger partial charge in [-0.2, -0.15) is 13.2 Å². The Balaban J connectivity index is 1.41. The molecule has 12 heteroatoms. The highest BCUT2D eigenvalue weighted by atomic mass is 19.4. The summed E-state index contributed by atoms with van der Waals surface area (Å²) in [7, 11) is 0. The highest BCUT2D eigenvalue weighted by Gasteiger charge is 2.58. The molecule has 3 fully saturated rings. The van der Waals surface area contributed by atoms with E-state index in [-0.39, 0.29) is 34.7 Å². The zero-order valence-electron chi connectivity index (χ0n) is 18.2. The first-order chi connectivity index (χ1) is 16.1. The summed E-state index contributed by atoms with van der Waals surface area (Å²) < 4.78 is 54.0. The molecule has 1 aromatic heterocycles. The van der Waals surface area contributed by atoms with Gasteiger partial charge in [0.25, 0.3) is 0 Å². The van der Waals surface area contributed by atoms with Crippen molar-refractivity contribution in [2.45, 2.75) is 43.9 Å². The number of hydrogen-bond donors (Lipinski definition) is 3. The van der Waals surface area contributed by atoms with Crippen molar-refractivity contribution in [2.75, 3.05) is 11.9 Å². The number of hydrazine groups is 2. The number of fused-ring (bicyclic) bond motifs is 2. The Kier molecular flexibility index (Phi) is 5.34. The number of carbonyl (C=O) groups excluding carboxylic acids is 1. The van der Waals surface area contributed by atoms with Gasteiger partial charge in [-0.1, -0.05) is 6.92 Å². The van der Waals surface area contributed by atoms with Crippen molar-refractivity contribution in [3.05, 3.63) is 54.4 Å². The van der Waals surface area contributed by atoms with E-state index >= 15 is 0 Å². The molecule has 2 amide bonds. The van der Waals surface area contributed by atoms with E-state index in [9.17, 15) is 22.4 Å². The number of rotatable bonds is 4. The third kappa shape index (κ3) is 4.02. The lowest BCUT2D eigenvalue weighted by Crippen LogP contribution is -2.75. The molecule has 1 aromatic carbocycles. The lowest BCUT2D eigenvalue weighted by Gasteiger charge is -2.64. The second-order valence-corrected chi connectivity index (χ2v) is 9.11. The van der Waals surface area contributed by atoms with Crippen LogP contribution in [0.4, 0.5) is 28.0 Å². The van der Waals surface area contributed by atoms with E-state index in [4.69, 9.17) is 0 Å². The van der Waals surface area contributed by atoms with E-state index in [1.807, 2.05) is 16.1 Å². The number of amides is 2. The van der Waals surface area contributed by atoms with Gasteiger partial charge in [0.2, 0.25) is 0 Å². The minimum atomic E-state index is -4.67. The fourth-order valence-corrected chi connectivity index (χ4v) is 5.44. The Labute approximate surface area is 193 Å². The Morgan fingerprint density at radius 1 is 1.26 bits per heavy atom. The molecular weight excluding hydrogens is 454 g/mol. The van der Waals surface area contributed by atoms with Crippen molar-refractivity contribution in [3.63, 3.8) is 0 Å². The van der Waals surface area contributed by atoms with E-state index in [0.717, 1.165) is 37.7 Å². The zero-order valence-corrected chi connectivity index (χ0v) is 18.2. The standard InChI is InChI=1S/C22H23F4N7O/c1-13-6-16-9-21(8-13,12-32-5-4-29-31-32)33(16)20(34)30-15-2-3-18(22(24,25)26)17(7-15)19-27-10-14(23)11-28-19/h2-5,7,10-11,13,16,29,31H,6,8-9,12H2,1H3,(H,30,34)/t13-,16-,21+/m1/s1. The van der Waals surface area contributed by atoms with Crippen molar-refractivity contribution in [3.8, 4) is 11.4 Å². The van der Waals surface area contributed by atoms with Crippen molar-refractivity contribution >= 4 is 11.7 Å². The van der Waals surface area contributed by atoms with Gasteiger partial charge in [0.05, 0.1) is 30.0 Å². The van der Waals surface area contributed by atoms with Crippen LogP contribution in [0.25, 0.3) is 11.4 Å². The van der Waals surface area contributed by atoms with Crippen LogP contribution < -0.4 is 16.3 Å². The number of carbonyl (C=O) groups is 1. The van der Waals surface area contributed by atoms with E-state index in [1.54, 1.807) is 6.20 Å². The average Bonchev–Trinajstić information content (AvgIpc) is 3.25. The monoisotopic (exact) mass is 477 g/mol. The second kappa shape index (κ2) is 8.12. The molecule has 0 unspecified atom stereocenters. The molecule has 2 saturated heterocycles. The molecule has 3 N–H and O–H groups in total. The highest BCUT2D eigenvalue weighted by Crippen LogP contribution is 2.50. The quantitative estimate of drug-likeness (QED) is 0.580. The Morgan fingerprint density at radius 2 is 2.03 bits per heavy atom. The molecule has 3 atom stereocenters. The van der Waals surface area contributed by atoms with Gasteiger partial charge in [0.1, 0.15) is 0 Å². The maximum absolute atomic E-state index is 13.6. The molecule has 1 aliphatic carbocycles. The average molecular weight is 477 g/mol. The number of benzene rings is 1. The lowest BCUT2D eigenvalue weighted by molar-refractivity contribution is -0.137.